The van der Waals surface area contributed by atoms with Crippen LogP contribution in [0.15, 0.2) is 47.4 Å². The van der Waals surface area contributed by atoms with Crippen LogP contribution in [0.25, 0.3) is 0 Å². The van der Waals surface area contributed by atoms with Gasteiger partial charge in [-0.25, -0.2) is 17.2 Å². The minimum absolute atomic E-state index is 0.00869. The van der Waals surface area contributed by atoms with E-state index in [1.54, 1.807) is 0 Å². The molecular formula is C18H20F2N2O3S. The van der Waals surface area contributed by atoms with Gasteiger partial charge in [-0.15, -0.1) is 0 Å². The molecule has 5 nitrogen and oxygen atoms in total. The Hall–Kier alpha value is -2.32. The highest BCUT2D eigenvalue weighted by Crippen LogP contribution is 2.22. The topological polar surface area (TPSA) is 66.5 Å². The first kappa shape index (κ1) is 20.0. The van der Waals surface area contributed by atoms with Gasteiger partial charge in [-0.3, -0.25) is 9.52 Å². The molecule has 2 rings (SSSR count). The lowest BCUT2D eigenvalue weighted by molar-refractivity contribution is 0.0973. The summed E-state index contributed by atoms with van der Waals surface area (Å²) in [5.74, 6) is -2.05. The fourth-order valence-electron chi connectivity index (χ4n) is 2.37. The highest BCUT2D eigenvalue weighted by Gasteiger charge is 2.20. The number of anilines is 1. The molecule has 0 bridgehead atoms. The van der Waals surface area contributed by atoms with Crippen molar-refractivity contribution in [2.75, 3.05) is 25.4 Å². The number of nitrogens with one attached hydrogen (secondary N) is 1. The number of benzene rings is 2. The van der Waals surface area contributed by atoms with Crippen LogP contribution in [-0.2, 0) is 10.0 Å². The third-order valence-electron chi connectivity index (χ3n) is 3.65. The van der Waals surface area contributed by atoms with Gasteiger partial charge < -0.3 is 4.90 Å². The van der Waals surface area contributed by atoms with Crippen LogP contribution in [0.3, 0.4) is 0 Å². The number of halogens is 2. The van der Waals surface area contributed by atoms with Crippen molar-refractivity contribution in [3.8, 4) is 0 Å². The number of ketones is 1. The average molecular weight is 382 g/mol. The van der Waals surface area contributed by atoms with Crippen LogP contribution in [0.5, 0.6) is 0 Å². The summed E-state index contributed by atoms with van der Waals surface area (Å²) < 4.78 is 54.5. The minimum Gasteiger partial charge on any atom is -0.309 e. The lowest BCUT2D eigenvalue weighted by atomic mass is 10.1. The highest BCUT2D eigenvalue weighted by atomic mass is 32.2. The molecule has 140 valence electrons. The zero-order valence-corrected chi connectivity index (χ0v) is 15.3. The van der Waals surface area contributed by atoms with Gasteiger partial charge >= 0.3 is 0 Å². The van der Waals surface area contributed by atoms with E-state index in [4.69, 9.17) is 0 Å². The predicted octanol–water partition coefficient (Wildman–Crippen LogP) is 3.29. The van der Waals surface area contributed by atoms with E-state index in [9.17, 15) is 22.0 Å². The SMILES string of the molecule is CN(C)CCCC(=O)c1cc(NS(=O)(=O)c2ccccc2F)ccc1F. The Balaban J connectivity index is 2.21. The normalized spacial score (nSPS) is 11.6. The van der Waals surface area contributed by atoms with Crippen molar-refractivity contribution in [3.63, 3.8) is 0 Å². The van der Waals surface area contributed by atoms with Crippen LogP contribution >= 0.6 is 0 Å². The molecule has 0 aliphatic heterocycles. The molecule has 0 radical (unpaired) electrons. The fraction of sp³-hybridized carbons (Fsp3) is 0.278. The van der Waals surface area contributed by atoms with Crippen molar-refractivity contribution < 1.29 is 22.0 Å². The zero-order valence-electron chi connectivity index (χ0n) is 14.5. The van der Waals surface area contributed by atoms with Gasteiger partial charge in [0.15, 0.2) is 5.78 Å². The maximum Gasteiger partial charge on any atom is 0.264 e. The summed E-state index contributed by atoms with van der Waals surface area (Å²) in [6, 6.07) is 8.24. The van der Waals surface area contributed by atoms with Crippen LogP contribution < -0.4 is 4.72 Å². The second-order valence-corrected chi connectivity index (χ2v) is 7.71. The predicted molar refractivity (Wildman–Crippen MR) is 95.7 cm³/mol. The molecule has 0 aromatic heterocycles. The monoisotopic (exact) mass is 382 g/mol. The fourth-order valence-corrected chi connectivity index (χ4v) is 3.50. The summed E-state index contributed by atoms with van der Waals surface area (Å²) in [7, 11) is -0.464. The number of hydrogen-bond donors (Lipinski definition) is 1. The van der Waals surface area contributed by atoms with Gasteiger partial charge in [0.05, 0.1) is 5.56 Å². The lowest BCUT2D eigenvalue weighted by Crippen LogP contribution is -2.16. The first-order valence-electron chi connectivity index (χ1n) is 7.95. The molecule has 0 aliphatic rings. The highest BCUT2D eigenvalue weighted by molar-refractivity contribution is 7.92. The number of nitrogens with zero attached hydrogens (tertiary/aromatic N) is 1. The van der Waals surface area contributed by atoms with Crippen molar-refractivity contribution in [2.24, 2.45) is 0 Å². The third kappa shape index (κ3) is 5.09. The van der Waals surface area contributed by atoms with Gasteiger partial charge in [0.1, 0.15) is 16.5 Å². The van der Waals surface area contributed by atoms with Crippen molar-refractivity contribution in [3.05, 3.63) is 59.7 Å². The maximum absolute atomic E-state index is 14.0. The lowest BCUT2D eigenvalue weighted by Gasteiger charge is -2.11. The largest absolute Gasteiger partial charge is 0.309 e. The number of Topliss-reactive ketones (excluding diaryl/α,β-unsaturated/α-hetero) is 1. The first-order valence-corrected chi connectivity index (χ1v) is 9.44. The van der Waals surface area contributed by atoms with Crippen LogP contribution in [-0.4, -0.2) is 39.7 Å². The molecule has 8 heteroatoms. The summed E-state index contributed by atoms with van der Waals surface area (Å²) in [6.07, 6.45) is 0.690. The Labute approximate surface area is 151 Å². The standard InChI is InChI=1S/C18H20F2N2O3S/c1-22(2)11-5-7-17(23)14-12-13(9-10-15(14)19)21-26(24,25)18-8-4-3-6-16(18)20/h3-4,6,8-10,12,21H,5,7,11H2,1-2H3. The molecule has 0 fully saturated rings. The number of carbonyl (C=O) groups is 1. The molecule has 0 unspecified atom stereocenters. The van der Waals surface area contributed by atoms with Crippen molar-refractivity contribution in [1.29, 1.82) is 0 Å². The second-order valence-electron chi connectivity index (χ2n) is 6.06. The molecule has 0 amide bonds. The molecule has 2 aromatic carbocycles. The van der Waals surface area contributed by atoms with Crippen LogP contribution in [0, 0.1) is 11.6 Å². The van der Waals surface area contributed by atoms with E-state index < -0.39 is 32.3 Å². The Kier molecular flexibility index (Phi) is 6.44. The van der Waals surface area contributed by atoms with E-state index in [1.807, 2.05) is 19.0 Å². The summed E-state index contributed by atoms with van der Waals surface area (Å²) in [4.78, 5) is 13.6. The molecule has 0 atom stereocenters. The van der Waals surface area contributed by atoms with Gasteiger partial charge in [-0.05, 0) is 57.4 Å². The number of rotatable bonds is 8. The van der Waals surface area contributed by atoms with Gasteiger partial charge in [-0.1, -0.05) is 12.1 Å². The molecule has 0 heterocycles. The smallest absolute Gasteiger partial charge is 0.264 e. The van der Waals surface area contributed by atoms with Crippen LogP contribution in [0.4, 0.5) is 14.5 Å². The van der Waals surface area contributed by atoms with Crippen molar-refractivity contribution in [2.45, 2.75) is 17.7 Å². The van der Waals surface area contributed by atoms with Gasteiger partial charge in [0.2, 0.25) is 0 Å². The zero-order chi connectivity index (χ0) is 19.3. The van der Waals surface area contributed by atoms with Crippen LogP contribution in [0.1, 0.15) is 23.2 Å². The van der Waals surface area contributed by atoms with Gasteiger partial charge in [0.25, 0.3) is 10.0 Å². The molecule has 1 N–H and O–H groups in total. The molecule has 26 heavy (non-hydrogen) atoms. The molecule has 0 saturated carbocycles. The number of carbonyl (C=O) groups excluding carboxylic acids is 1. The summed E-state index contributed by atoms with van der Waals surface area (Å²) in [6.45, 7) is 0.674. The van der Waals surface area contributed by atoms with E-state index in [1.165, 1.54) is 18.2 Å². The molecule has 2 aromatic rings. The average Bonchev–Trinajstić information content (AvgIpc) is 2.56. The Bertz CT molecular complexity index is 899. The summed E-state index contributed by atoms with van der Waals surface area (Å²) in [5.41, 5.74) is -0.205. The van der Waals surface area contributed by atoms with E-state index >= 15 is 0 Å². The van der Waals surface area contributed by atoms with Crippen LogP contribution in [0.2, 0.25) is 0 Å². The Morgan fingerprint density at radius 3 is 2.42 bits per heavy atom. The van der Waals surface area contributed by atoms with Gasteiger partial charge in [0, 0.05) is 12.1 Å². The van der Waals surface area contributed by atoms with E-state index in [0.717, 1.165) is 24.3 Å². The van der Waals surface area contributed by atoms with E-state index in [-0.39, 0.29) is 17.7 Å². The Morgan fingerprint density at radius 1 is 1.08 bits per heavy atom. The molecule has 0 saturated heterocycles. The second kappa shape index (κ2) is 8.37. The summed E-state index contributed by atoms with van der Waals surface area (Å²) >= 11 is 0. The molecular weight excluding hydrogens is 362 g/mol. The van der Waals surface area contributed by atoms with Crippen molar-refractivity contribution >= 4 is 21.5 Å². The maximum atomic E-state index is 14.0. The first-order chi connectivity index (χ1) is 12.2. The van der Waals surface area contributed by atoms with Crippen molar-refractivity contribution in [1.82, 2.24) is 4.90 Å². The third-order valence-corrected chi connectivity index (χ3v) is 5.07. The quantitative estimate of drug-likeness (QED) is 0.712. The minimum atomic E-state index is -4.19. The molecule has 0 spiro atoms. The van der Waals surface area contributed by atoms with E-state index in [0.29, 0.717) is 13.0 Å². The number of hydrogen-bond acceptors (Lipinski definition) is 4. The number of sulfonamides is 1. The van der Waals surface area contributed by atoms with E-state index in [2.05, 4.69) is 4.72 Å². The molecule has 0 aliphatic carbocycles. The summed E-state index contributed by atoms with van der Waals surface area (Å²) in [5, 5.41) is 0. The van der Waals surface area contributed by atoms with Gasteiger partial charge in [-0.2, -0.15) is 0 Å². The Morgan fingerprint density at radius 2 is 1.77 bits per heavy atom.